The number of rotatable bonds is 16. The molecule has 15 aromatic rings. The van der Waals surface area contributed by atoms with E-state index in [1.165, 1.54) is 224 Å². The lowest BCUT2D eigenvalue weighted by Gasteiger charge is -2.37. The van der Waals surface area contributed by atoms with Crippen LogP contribution < -0.4 is 4.90 Å². The maximum Gasteiger partial charge on any atom is 0.0713 e. The molecule has 2 heteroatoms. The fraction of sp³-hybridized carbons (Fsp3) is 0.193. The number of hydrogen-bond donors (Lipinski definition) is 0. The molecule has 0 bridgehead atoms. The highest BCUT2D eigenvalue weighted by Gasteiger charge is 2.48. The van der Waals surface area contributed by atoms with Crippen molar-refractivity contribution in [1.29, 1.82) is 0 Å². The van der Waals surface area contributed by atoms with Gasteiger partial charge in [0.05, 0.1) is 16.4 Å². The van der Waals surface area contributed by atoms with E-state index < -0.39 is 0 Å². The highest BCUT2D eigenvalue weighted by Crippen LogP contribution is 2.59. The Hall–Kier alpha value is -11.8. The lowest BCUT2D eigenvalue weighted by molar-refractivity contribution is 0.422. The van der Waals surface area contributed by atoms with Gasteiger partial charge in [0.1, 0.15) is 0 Å². The SMILES string of the molecule is C=CCCCC1(CCCC=C)c2cc(C)ccc2-c2ccc(C)cc21.Cc1cc(C)cc(-n2c3ccccc3c3cc(-c4ccc(N(c5ccc(-c6ccccc6)cc5)c5ccc6c(c5)C(C)(C)c5ccccc5-6)cc4)ccc32)c1.Cc1ccc2c(c1)C(c1ccc3c(c1)CC3)(c1ccc3c(c1)CC3)c1cc(C)ccc1-2. The van der Waals surface area contributed by atoms with Gasteiger partial charge in [-0.15, -0.1) is 13.2 Å². The second-order valence-electron chi connectivity index (χ2n) is 33.0. The van der Waals surface area contributed by atoms with E-state index >= 15 is 0 Å². The molecule has 0 spiro atoms. The number of hydrogen-bond acceptors (Lipinski definition) is 1. The van der Waals surface area contributed by atoms with E-state index in [0.29, 0.717) is 0 Å². The summed E-state index contributed by atoms with van der Waals surface area (Å²) in [6.07, 6.45) is 16.0. The summed E-state index contributed by atoms with van der Waals surface area (Å²) in [6, 6.07) is 110. The summed E-state index contributed by atoms with van der Waals surface area (Å²) in [6.45, 7) is 25.8. The molecule has 544 valence electrons. The van der Waals surface area contributed by atoms with Crippen LogP contribution in [0.5, 0.6) is 0 Å². The summed E-state index contributed by atoms with van der Waals surface area (Å²) >= 11 is 0. The smallest absolute Gasteiger partial charge is 0.0713 e. The fourth-order valence-corrected chi connectivity index (χ4v) is 19.7. The third-order valence-electron chi connectivity index (χ3n) is 25.4. The van der Waals surface area contributed by atoms with Gasteiger partial charge in [-0.3, -0.25) is 0 Å². The number of para-hydroxylation sites is 1. The van der Waals surface area contributed by atoms with E-state index in [2.05, 4.69) is 381 Å². The first-order chi connectivity index (χ1) is 54.1. The van der Waals surface area contributed by atoms with E-state index in [1.807, 2.05) is 0 Å². The molecule has 111 heavy (non-hydrogen) atoms. The van der Waals surface area contributed by atoms with E-state index in [0.717, 1.165) is 29.9 Å². The zero-order valence-corrected chi connectivity index (χ0v) is 65.7. The molecule has 0 fully saturated rings. The molecule has 2 nitrogen and oxygen atoms in total. The Morgan fingerprint density at radius 1 is 0.324 bits per heavy atom. The normalized spacial score (nSPS) is 14.1. The van der Waals surface area contributed by atoms with E-state index in [-0.39, 0.29) is 16.2 Å². The maximum absolute atomic E-state index is 3.93. The van der Waals surface area contributed by atoms with Gasteiger partial charge in [-0.1, -0.05) is 273 Å². The highest BCUT2D eigenvalue weighted by molar-refractivity contribution is 6.10. The van der Waals surface area contributed by atoms with Crippen molar-refractivity contribution < 1.29 is 0 Å². The van der Waals surface area contributed by atoms with Gasteiger partial charge in [0, 0.05) is 44.4 Å². The van der Waals surface area contributed by atoms with Crippen LogP contribution in [0.15, 0.2) is 316 Å². The van der Waals surface area contributed by atoms with E-state index in [9.17, 15) is 0 Å². The number of anilines is 3. The maximum atomic E-state index is 3.93. The summed E-state index contributed by atoms with van der Waals surface area (Å²) in [4.78, 5) is 2.40. The van der Waals surface area contributed by atoms with Gasteiger partial charge < -0.3 is 9.47 Å². The molecule has 20 rings (SSSR count). The van der Waals surface area contributed by atoms with Crippen LogP contribution in [0.2, 0.25) is 0 Å². The summed E-state index contributed by atoms with van der Waals surface area (Å²) in [5.74, 6) is 0. The molecule has 14 aromatic carbocycles. The average Bonchev–Trinajstić information content (AvgIpc) is 1.56. The monoisotopic (exact) mass is 1430 g/mol. The van der Waals surface area contributed by atoms with Crippen LogP contribution in [0.1, 0.15) is 153 Å². The van der Waals surface area contributed by atoms with Crippen molar-refractivity contribution in [2.75, 3.05) is 4.90 Å². The molecule has 1 heterocycles. The lowest BCUT2D eigenvalue weighted by Crippen LogP contribution is -2.30. The first kappa shape index (κ1) is 70.8. The van der Waals surface area contributed by atoms with Gasteiger partial charge >= 0.3 is 0 Å². The van der Waals surface area contributed by atoms with Gasteiger partial charge in [-0.25, -0.2) is 0 Å². The Balaban J connectivity index is 0.000000129. The minimum absolute atomic E-state index is 0.0887. The minimum Gasteiger partial charge on any atom is -0.310 e. The van der Waals surface area contributed by atoms with Crippen LogP contribution in [0, 0.1) is 41.5 Å². The van der Waals surface area contributed by atoms with E-state index in [4.69, 9.17) is 0 Å². The average molecular weight is 1440 g/mol. The van der Waals surface area contributed by atoms with Crippen LogP contribution in [0.4, 0.5) is 17.1 Å². The first-order valence-electron chi connectivity index (χ1n) is 40.4. The molecule has 0 aliphatic heterocycles. The van der Waals surface area contributed by atoms with Crippen molar-refractivity contribution in [3.8, 4) is 61.3 Å². The van der Waals surface area contributed by atoms with Gasteiger partial charge in [0.2, 0.25) is 0 Å². The zero-order chi connectivity index (χ0) is 75.9. The van der Waals surface area contributed by atoms with Crippen LogP contribution >= 0.6 is 0 Å². The van der Waals surface area contributed by atoms with Gasteiger partial charge in [-0.05, 0) is 306 Å². The van der Waals surface area contributed by atoms with E-state index in [1.54, 1.807) is 11.1 Å². The molecule has 0 saturated carbocycles. The van der Waals surface area contributed by atoms with Crippen molar-refractivity contribution in [3.63, 3.8) is 0 Å². The molecule has 0 N–H and O–H groups in total. The van der Waals surface area contributed by atoms with Crippen LogP contribution in [-0.2, 0) is 41.9 Å². The minimum atomic E-state index is -0.238. The Kier molecular flexibility index (Phi) is 18.2. The number of unbranched alkanes of at least 4 members (excludes halogenated alkanes) is 2. The third kappa shape index (κ3) is 12.3. The molecule has 0 unspecified atom stereocenters. The first-order valence-corrected chi connectivity index (χ1v) is 40.4. The van der Waals surface area contributed by atoms with Crippen LogP contribution in [0.3, 0.4) is 0 Å². The predicted octanol–water partition coefficient (Wildman–Crippen LogP) is 28.7. The van der Waals surface area contributed by atoms with Gasteiger partial charge in [0.15, 0.2) is 0 Å². The van der Waals surface area contributed by atoms with Crippen LogP contribution in [-0.4, -0.2) is 4.57 Å². The summed E-state index contributed by atoms with van der Waals surface area (Å²) in [7, 11) is 0. The van der Waals surface area contributed by atoms with Crippen molar-refractivity contribution in [2.45, 2.75) is 136 Å². The fourth-order valence-electron chi connectivity index (χ4n) is 19.7. The molecular formula is C109H98N2. The number of aromatic nitrogens is 1. The molecule has 0 saturated heterocycles. The summed E-state index contributed by atoms with van der Waals surface area (Å²) < 4.78 is 2.41. The lowest BCUT2D eigenvalue weighted by atomic mass is 9.65. The molecule has 5 aliphatic carbocycles. The third-order valence-corrected chi connectivity index (χ3v) is 25.4. The number of allylic oxidation sites excluding steroid dienone is 2. The van der Waals surface area contributed by atoms with Gasteiger partial charge in [-0.2, -0.15) is 0 Å². The second kappa shape index (κ2) is 28.5. The number of aryl methyl sites for hydroxylation is 10. The molecule has 0 amide bonds. The Labute approximate surface area is 657 Å². The number of fused-ring (bicyclic) bond motifs is 14. The molecule has 0 radical (unpaired) electrons. The molecule has 5 aliphatic rings. The second-order valence-corrected chi connectivity index (χ2v) is 33.0. The molecule has 0 atom stereocenters. The largest absolute Gasteiger partial charge is 0.310 e. The van der Waals surface area contributed by atoms with Crippen LogP contribution in [0.25, 0.3) is 83.1 Å². The topological polar surface area (TPSA) is 8.17 Å². The quantitative estimate of drug-likeness (QED) is 0.0691. The summed E-state index contributed by atoms with van der Waals surface area (Å²) in [5.41, 5.74) is 45.7. The van der Waals surface area contributed by atoms with Crippen molar-refractivity contribution in [1.82, 2.24) is 4.57 Å². The Morgan fingerprint density at radius 3 is 1.29 bits per heavy atom. The Bertz CT molecular complexity index is 5970. The summed E-state index contributed by atoms with van der Waals surface area (Å²) in [5, 5.41) is 2.53. The van der Waals surface area contributed by atoms with Crippen molar-refractivity contribution >= 4 is 38.9 Å². The molecule has 1 aromatic heterocycles. The Morgan fingerprint density at radius 2 is 0.757 bits per heavy atom. The standard InChI is InChI=1S/C53H42N2.C31H26.C25H30/c1-35-30-36(2)32-44(31-35)55-51-17-11-9-15-47(51)48-33-40(22-29-52(48)55)39-20-25-42(26-21-39)54(41-23-18-38(19-24-41)37-12-6-5-7-13-37)43-27-28-46-45-14-8-10-16-49(45)53(3,4)50(46)34-43;1-19-3-13-27-28-14-4-20(2)16-30(28)31(29(27)15-19,25-11-9-21-5-7-23(21)17-25)26-12-10-22-6-8-24(22)18-26;1-5-7-9-15-25(16-10-8-6-2)23-17-19(3)11-13-21(23)22-14-12-20(4)18-24(22)25/h5-34H,1-4H3;3-4,9-18H,5-8H2,1-2H3;5-6,11-14,17-18H,1-2,7-10,15-16H2,3-4H3. The highest BCUT2D eigenvalue weighted by atomic mass is 15.1. The number of nitrogens with zero attached hydrogens (tertiary/aromatic N) is 2. The number of benzene rings is 14. The van der Waals surface area contributed by atoms with Crippen molar-refractivity contribution in [2.24, 2.45) is 0 Å². The van der Waals surface area contributed by atoms with Gasteiger partial charge in [0.25, 0.3) is 0 Å². The predicted molar refractivity (Wildman–Crippen MR) is 472 cm³/mol. The van der Waals surface area contributed by atoms with Crippen molar-refractivity contribution in [3.05, 3.63) is 417 Å². The molecular weight excluding hydrogens is 1340 g/mol. The zero-order valence-electron chi connectivity index (χ0n) is 65.7.